The van der Waals surface area contributed by atoms with E-state index in [-0.39, 0.29) is 18.3 Å². The summed E-state index contributed by atoms with van der Waals surface area (Å²) in [5.41, 5.74) is 0. The first-order valence-electron chi connectivity index (χ1n) is 7.37. The SMILES string of the molecule is CC(C)N1CCC(C(CO)COc2ccc(O)cc2)C1. The van der Waals surface area contributed by atoms with Gasteiger partial charge in [-0.15, -0.1) is 0 Å². The summed E-state index contributed by atoms with van der Waals surface area (Å²) >= 11 is 0. The maximum atomic E-state index is 9.59. The van der Waals surface area contributed by atoms with E-state index in [9.17, 15) is 10.2 Å². The van der Waals surface area contributed by atoms with Gasteiger partial charge in [-0.05, 0) is 57.0 Å². The van der Waals surface area contributed by atoms with Gasteiger partial charge in [-0.3, -0.25) is 0 Å². The summed E-state index contributed by atoms with van der Waals surface area (Å²) < 4.78 is 5.73. The number of phenolic OH excluding ortho intramolecular Hbond substituents is 1. The lowest BCUT2D eigenvalue weighted by Gasteiger charge is -2.24. The number of likely N-dealkylation sites (tertiary alicyclic amines) is 1. The number of aliphatic hydroxyl groups excluding tert-OH is 1. The molecule has 1 heterocycles. The molecule has 1 aromatic carbocycles. The predicted octanol–water partition coefficient (Wildman–Crippen LogP) is 2.11. The molecule has 20 heavy (non-hydrogen) atoms. The number of rotatable bonds is 6. The second-order valence-corrected chi connectivity index (χ2v) is 5.88. The number of hydrogen-bond acceptors (Lipinski definition) is 4. The minimum Gasteiger partial charge on any atom is -0.508 e. The molecule has 2 atom stereocenters. The molecule has 2 unspecified atom stereocenters. The standard InChI is InChI=1S/C16H25NO3/c1-12(2)17-8-7-13(9-17)14(10-18)11-20-16-5-3-15(19)4-6-16/h3-6,12-14,18-19H,7-11H2,1-2H3. The summed E-state index contributed by atoms with van der Waals surface area (Å²) in [7, 11) is 0. The van der Waals surface area contributed by atoms with Crippen LogP contribution < -0.4 is 4.74 Å². The molecule has 0 bridgehead atoms. The van der Waals surface area contributed by atoms with Gasteiger partial charge in [0, 0.05) is 25.1 Å². The van der Waals surface area contributed by atoms with Crippen molar-refractivity contribution in [2.75, 3.05) is 26.3 Å². The molecule has 2 N–H and O–H groups in total. The zero-order chi connectivity index (χ0) is 14.5. The van der Waals surface area contributed by atoms with Crippen LogP contribution in [0.2, 0.25) is 0 Å². The average Bonchev–Trinajstić information content (AvgIpc) is 2.91. The molecule has 1 saturated heterocycles. The summed E-state index contributed by atoms with van der Waals surface area (Å²) in [6.07, 6.45) is 1.13. The van der Waals surface area contributed by atoms with Crippen LogP contribution >= 0.6 is 0 Å². The quantitative estimate of drug-likeness (QED) is 0.837. The third-order valence-electron chi connectivity index (χ3n) is 4.19. The van der Waals surface area contributed by atoms with Crippen LogP contribution in [-0.2, 0) is 0 Å². The molecule has 0 aliphatic carbocycles. The lowest BCUT2D eigenvalue weighted by molar-refractivity contribution is 0.116. The molecule has 4 nitrogen and oxygen atoms in total. The minimum atomic E-state index is 0.161. The fourth-order valence-electron chi connectivity index (χ4n) is 2.75. The van der Waals surface area contributed by atoms with E-state index >= 15 is 0 Å². The van der Waals surface area contributed by atoms with Crippen molar-refractivity contribution in [1.82, 2.24) is 4.90 Å². The Morgan fingerprint density at radius 2 is 2.00 bits per heavy atom. The highest BCUT2D eigenvalue weighted by Gasteiger charge is 2.30. The van der Waals surface area contributed by atoms with Crippen molar-refractivity contribution in [3.05, 3.63) is 24.3 Å². The Kier molecular flexibility index (Phi) is 5.26. The predicted molar refractivity (Wildman–Crippen MR) is 79.0 cm³/mol. The smallest absolute Gasteiger partial charge is 0.119 e. The summed E-state index contributed by atoms with van der Waals surface area (Å²) in [5.74, 6) is 1.64. The van der Waals surface area contributed by atoms with Crippen molar-refractivity contribution >= 4 is 0 Å². The molecule has 0 spiro atoms. The van der Waals surface area contributed by atoms with E-state index in [4.69, 9.17) is 4.74 Å². The van der Waals surface area contributed by atoms with Crippen LogP contribution in [0.4, 0.5) is 0 Å². The van der Waals surface area contributed by atoms with E-state index in [2.05, 4.69) is 18.7 Å². The third kappa shape index (κ3) is 3.87. The van der Waals surface area contributed by atoms with Gasteiger partial charge in [0.2, 0.25) is 0 Å². The molecule has 2 rings (SSSR count). The van der Waals surface area contributed by atoms with Gasteiger partial charge in [0.1, 0.15) is 11.5 Å². The monoisotopic (exact) mass is 279 g/mol. The number of nitrogens with zero attached hydrogens (tertiary/aromatic N) is 1. The molecule has 1 fully saturated rings. The van der Waals surface area contributed by atoms with Gasteiger partial charge >= 0.3 is 0 Å². The molecular formula is C16H25NO3. The second kappa shape index (κ2) is 6.95. The van der Waals surface area contributed by atoms with Gasteiger partial charge in [0.05, 0.1) is 6.61 Å². The fourth-order valence-corrected chi connectivity index (χ4v) is 2.75. The lowest BCUT2D eigenvalue weighted by Crippen LogP contribution is -2.31. The summed E-state index contributed by atoms with van der Waals surface area (Å²) in [6, 6.07) is 7.29. The molecule has 4 heteroatoms. The zero-order valence-electron chi connectivity index (χ0n) is 12.3. The Labute approximate surface area is 121 Å². The minimum absolute atomic E-state index is 0.161. The van der Waals surface area contributed by atoms with Crippen molar-refractivity contribution in [2.45, 2.75) is 26.3 Å². The van der Waals surface area contributed by atoms with Crippen molar-refractivity contribution in [3.63, 3.8) is 0 Å². The topological polar surface area (TPSA) is 52.9 Å². The van der Waals surface area contributed by atoms with Crippen LogP contribution in [0.15, 0.2) is 24.3 Å². The highest BCUT2D eigenvalue weighted by atomic mass is 16.5. The maximum absolute atomic E-state index is 9.59. The molecule has 0 aromatic heterocycles. The first kappa shape index (κ1) is 15.1. The van der Waals surface area contributed by atoms with Gasteiger partial charge in [-0.1, -0.05) is 0 Å². The maximum Gasteiger partial charge on any atom is 0.119 e. The van der Waals surface area contributed by atoms with Gasteiger partial charge in [-0.2, -0.15) is 0 Å². The van der Waals surface area contributed by atoms with Crippen molar-refractivity contribution in [2.24, 2.45) is 11.8 Å². The third-order valence-corrected chi connectivity index (χ3v) is 4.19. The van der Waals surface area contributed by atoms with Crippen molar-refractivity contribution in [3.8, 4) is 11.5 Å². The van der Waals surface area contributed by atoms with Gasteiger partial charge in [-0.25, -0.2) is 0 Å². The normalized spacial score (nSPS) is 21.3. The first-order valence-corrected chi connectivity index (χ1v) is 7.37. The molecule has 112 valence electrons. The van der Waals surface area contributed by atoms with Crippen LogP contribution in [0.1, 0.15) is 20.3 Å². The van der Waals surface area contributed by atoms with Gasteiger partial charge in [0.15, 0.2) is 0 Å². The molecule has 1 aliphatic rings. The lowest BCUT2D eigenvalue weighted by atomic mass is 9.93. The molecule has 0 amide bonds. The van der Waals surface area contributed by atoms with E-state index < -0.39 is 0 Å². The number of hydrogen-bond donors (Lipinski definition) is 2. The van der Waals surface area contributed by atoms with Crippen LogP contribution in [0.3, 0.4) is 0 Å². The Bertz CT molecular complexity index is 405. The number of aliphatic hydroxyl groups is 1. The van der Waals surface area contributed by atoms with Crippen molar-refractivity contribution < 1.29 is 14.9 Å². The highest BCUT2D eigenvalue weighted by Crippen LogP contribution is 2.26. The zero-order valence-corrected chi connectivity index (χ0v) is 12.3. The number of phenols is 1. The number of benzene rings is 1. The number of aromatic hydroxyl groups is 1. The number of ether oxygens (including phenoxy) is 1. The Balaban J connectivity index is 1.85. The van der Waals surface area contributed by atoms with E-state index in [0.717, 1.165) is 25.3 Å². The Hall–Kier alpha value is -1.26. The Morgan fingerprint density at radius 1 is 1.30 bits per heavy atom. The van der Waals surface area contributed by atoms with Crippen LogP contribution in [0, 0.1) is 11.8 Å². The summed E-state index contributed by atoms with van der Waals surface area (Å²) in [4.78, 5) is 2.45. The summed E-state index contributed by atoms with van der Waals surface area (Å²) in [6.45, 7) is 7.26. The Morgan fingerprint density at radius 3 is 2.55 bits per heavy atom. The second-order valence-electron chi connectivity index (χ2n) is 5.88. The molecule has 1 aliphatic heterocycles. The average molecular weight is 279 g/mol. The molecule has 0 radical (unpaired) electrons. The van der Waals surface area contributed by atoms with E-state index in [1.165, 1.54) is 0 Å². The van der Waals surface area contributed by atoms with Crippen LogP contribution in [0.25, 0.3) is 0 Å². The largest absolute Gasteiger partial charge is 0.508 e. The van der Waals surface area contributed by atoms with Crippen molar-refractivity contribution in [1.29, 1.82) is 0 Å². The van der Waals surface area contributed by atoms with E-state index in [1.807, 2.05) is 0 Å². The molecule has 0 saturated carbocycles. The molecule has 1 aromatic rings. The van der Waals surface area contributed by atoms with Gasteiger partial charge < -0.3 is 19.8 Å². The van der Waals surface area contributed by atoms with Crippen LogP contribution in [0.5, 0.6) is 11.5 Å². The fraction of sp³-hybridized carbons (Fsp3) is 0.625. The first-order chi connectivity index (χ1) is 9.60. The van der Waals surface area contributed by atoms with E-state index in [0.29, 0.717) is 18.6 Å². The van der Waals surface area contributed by atoms with Crippen LogP contribution in [-0.4, -0.2) is 47.5 Å². The summed E-state index contributed by atoms with van der Waals surface area (Å²) in [5, 5.41) is 18.8. The van der Waals surface area contributed by atoms with Gasteiger partial charge in [0.25, 0.3) is 0 Å². The molecular weight excluding hydrogens is 254 g/mol. The van der Waals surface area contributed by atoms with E-state index in [1.54, 1.807) is 24.3 Å². The highest BCUT2D eigenvalue weighted by molar-refractivity contribution is 5.30.